The van der Waals surface area contributed by atoms with E-state index < -0.39 is 17.7 Å². The van der Waals surface area contributed by atoms with E-state index in [1.165, 1.54) is 12.1 Å². The van der Waals surface area contributed by atoms with Crippen LogP contribution >= 0.6 is 0 Å². The molecule has 0 radical (unpaired) electrons. The first-order chi connectivity index (χ1) is 9.06. The zero-order chi connectivity index (χ0) is 13.8. The molecule has 3 nitrogen and oxygen atoms in total. The molecule has 1 N–H and O–H groups in total. The van der Waals surface area contributed by atoms with E-state index in [9.17, 15) is 13.6 Å². The summed E-state index contributed by atoms with van der Waals surface area (Å²) in [6.07, 6.45) is 3.20. The van der Waals surface area contributed by atoms with Gasteiger partial charge in [0.1, 0.15) is 17.7 Å². The molecule has 1 saturated heterocycles. The Bertz CT molecular complexity index is 439. The second-order valence-corrected chi connectivity index (χ2v) is 4.91. The molecular formula is C14H18F2N2O. The molecule has 1 heterocycles. The summed E-state index contributed by atoms with van der Waals surface area (Å²) in [5.74, 6) is -1.33. The smallest absolute Gasteiger partial charge is 0.244 e. The zero-order valence-corrected chi connectivity index (χ0v) is 11.0. The molecule has 1 fully saturated rings. The number of carbonyl (C=O) groups excluding carboxylic acids is 1. The van der Waals surface area contributed by atoms with Crippen LogP contribution in [0, 0.1) is 11.6 Å². The lowest BCUT2D eigenvalue weighted by atomic mass is 10.1. The van der Waals surface area contributed by atoms with Crippen LogP contribution in [-0.2, 0) is 4.79 Å². The van der Waals surface area contributed by atoms with Gasteiger partial charge in [0, 0.05) is 24.8 Å². The fraction of sp³-hybridized carbons (Fsp3) is 0.500. The van der Waals surface area contributed by atoms with Crippen LogP contribution in [-0.4, -0.2) is 29.9 Å². The third-order valence-electron chi connectivity index (χ3n) is 3.28. The van der Waals surface area contributed by atoms with E-state index in [1.54, 1.807) is 11.8 Å². The van der Waals surface area contributed by atoms with Crippen LogP contribution in [0.25, 0.3) is 0 Å². The van der Waals surface area contributed by atoms with E-state index in [2.05, 4.69) is 5.32 Å². The van der Waals surface area contributed by atoms with Crippen LogP contribution in [0.15, 0.2) is 18.2 Å². The number of rotatable bonds is 3. The third-order valence-corrected chi connectivity index (χ3v) is 3.28. The zero-order valence-electron chi connectivity index (χ0n) is 11.0. The number of carbonyl (C=O) groups is 1. The minimum absolute atomic E-state index is 0.0237. The highest BCUT2D eigenvalue weighted by atomic mass is 19.1. The number of hydrogen-bond acceptors (Lipinski definition) is 2. The largest absolute Gasteiger partial charge is 0.374 e. The van der Waals surface area contributed by atoms with E-state index >= 15 is 0 Å². The number of nitrogens with one attached hydrogen (secondary N) is 1. The molecule has 1 aromatic rings. The predicted octanol–water partition coefficient (Wildman–Crippen LogP) is 2.78. The molecule has 0 spiro atoms. The van der Waals surface area contributed by atoms with Gasteiger partial charge in [0.25, 0.3) is 0 Å². The molecule has 2 rings (SSSR count). The average molecular weight is 268 g/mol. The van der Waals surface area contributed by atoms with Gasteiger partial charge in [-0.2, -0.15) is 0 Å². The lowest BCUT2D eigenvalue weighted by Gasteiger charge is -2.29. The van der Waals surface area contributed by atoms with Gasteiger partial charge in [0.2, 0.25) is 5.91 Å². The Balaban J connectivity index is 1.99. The Morgan fingerprint density at radius 1 is 1.16 bits per heavy atom. The van der Waals surface area contributed by atoms with Crippen molar-refractivity contribution < 1.29 is 13.6 Å². The minimum atomic E-state index is -0.653. The Kier molecular flexibility index (Phi) is 4.35. The minimum Gasteiger partial charge on any atom is -0.374 e. The number of likely N-dealkylation sites (tertiary alicyclic amines) is 1. The Morgan fingerprint density at radius 2 is 1.74 bits per heavy atom. The van der Waals surface area contributed by atoms with E-state index in [1.807, 2.05) is 0 Å². The van der Waals surface area contributed by atoms with Crippen molar-refractivity contribution in [3.63, 3.8) is 0 Å². The maximum atomic E-state index is 13.1. The topological polar surface area (TPSA) is 32.3 Å². The molecule has 1 aliphatic rings. The average Bonchev–Trinajstić information content (AvgIpc) is 2.37. The number of nitrogens with zero attached hydrogens (tertiary/aromatic N) is 1. The molecule has 1 aliphatic heterocycles. The van der Waals surface area contributed by atoms with Crippen LogP contribution in [0.4, 0.5) is 14.5 Å². The molecule has 1 atom stereocenters. The molecular weight excluding hydrogens is 250 g/mol. The molecule has 1 amide bonds. The van der Waals surface area contributed by atoms with E-state index in [4.69, 9.17) is 0 Å². The highest BCUT2D eigenvalue weighted by molar-refractivity contribution is 5.84. The molecule has 104 valence electrons. The summed E-state index contributed by atoms with van der Waals surface area (Å²) in [4.78, 5) is 14.0. The Labute approximate surface area is 111 Å². The van der Waals surface area contributed by atoms with Gasteiger partial charge in [-0.1, -0.05) is 0 Å². The highest BCUT2D eigenvalue weighted by Crippen LogP contribution is 2.16. The van der Waals surface area contributed by atoms with Crippen molar-refractivity contribution >= 4 is 11.6 Å². The van der Waals surface area contributed by atoms with Crippen molar-refractivity contribution in [1.82, 2.24) is 4.90 Å². The Morgan fingerprint density at radius 3 is 2.32 bits per heavy atom. The van der Waals surface area contributed by atoms with Gasteiger partial charge in [0.05, 0.1) is 0 Å². The van der Waals surface area contributed by atoms with Crippen molar-refractivity contribution in [3.8, 4) is 0 Å². The summed E-state index contributed by atoms with van der Waals surface area (Å²) >= 11 is 0. The first kappa shape index (κ1) is 13.8. The van der Waals surface area contributed by atoms with Crippen molar-refractivity contribution in [2.45, 2.75) is 32.2 Å². The number of hydrogen-bond donors (Lipinski definition) is 1. The number of halogens is 2. The van der Waals surface area contributed by atoms with Crippen molar-refractivity contribution in [1.29, 1.82) is 0 Å². The van der Waals surface area contributed by atoms with Crippen molar-refractivity contribution in [3.05, 3.63) is 29.8 Å². The molecule has 5 heteroatoms. The highest BCUT2D eigenvalue weighted by Gasteiger charge is 2.22. The quantitative estimate of drug-likeness (QED) is 0.914. The number of piperidine rings is 1. The number of benzene rings is 1. The third kappa shape index (κ3) is 3.66. The SMILES string of the molecule is CC(Nc1cc(F)cc(F)c1)C(=O)N1CCCCC1. The fourth-order valence-corrected chi connectivity index (χ4v) is 2.34. The second kappa shape index (κ2) is 5.99. The second-order valence-electron chi connectivity index (χ2n) is 4.91. The van der Waals surface area contributed by atoms with E-state index in [0.717, 1.165) is 38.4 Å². The lowest BCUT2D eigenvalue weighted by molar-refractivity contribution is -0.132. The first-order valence-corrected chi connectivity index (χ1v) is 6.57. The summed E-state index contributed by atoms with van der Waals surface area (Å²) < 4.78 is 26.1. The number of anilines is 1. The van der Waals surface area contributed by atoms with Gasteiger partial charge in [-0.05, 0) is 38.3 Å². The van der Waals surface area contributed by atoms with Crippen LogP contribution < -0.4 is 5.32 Å². The maximum absolute atomic E-state index is 13.1. The Hall–Kier alpha value is -1.65. The molecule has 0 aromatic heterocycles. The first-order valence-electron chi connectivity index (χ1n) is 6.57. The van der Waals surface area contributed by atoms with Crippen molar-refractivity contribution in [2.75, 3.05) is 18.4 Å². The monoisotopic (exact) mass is 268 g/mol. The summed E-state index contributed by atoms with van der Waals surface area (Å²) in [6, 6.07) is 2.69. The molecule has 0 bridgehead atoms. The standard InChI is InChI=1S/C14H18F2N2O/c1-10(14(19)18-5-3-2-4-6-18)17-13-8-11(15)7-12(16)9-13/h7-10,17H,2-6H2,1H3. The normalized spacial score (nSPS) is 17.1. The number of amides is 1. The fourth-order valence-electron chi connectivity index (χ4n) is 2.34. The lowest BCUT2D eigenvalue weighted by Crippen LogP contribution is -2.43. The van der Waals surface area contributed by atoms with Gasteiger partial charge in [-0.15, -0.1) is 0 Å². The van der Waals surface area contributed by atoms with Crippen LogP contribution in [0.2, 0.25) is 0 Å². The van der Waals surface area contributed by atoms with Gasteiger partial charge < -0.3 is 10.2 Å². The molecule has 19 heavy (non-hydrogen) atoms. The molecule has 0 aliphatic carbocycles. The summed E-state index contributed by atoms with van der Waals surface area (Å²) in [5.41, 5.74) is 0.287. The van der Waals surface area contributed by atoms with Gasteiger partial charge in [-0.3, -0.25) is 4.79 Å². The van der Waals surface area contributed by atoms with E-state index in [0.29, 0.717) is 0 Å². The van der Waals surface area contributed by atoms with E-state index in [-0.39, 0.29) is 11.6 Å². The maximum Gasteiger partial charge on any atom is 0.244 e. The van der Waals surface area contributed by atoms with Gasteiger partial charge in [-0.25, -0.2) is 8.78 Å². The summed E-state index contributed by atoms with van der Waals surface area (Å²) in [6.45, 7) is 3.24. The molecule has 0 saturated carbocycles. The van der Waals surface area contributed by atoms with Crippen LogP contribution in [0.1, 0.15) is 26.2 Å². The summed E-state index contributed by atoms with van der Waals surface area (Å²) in [7, 11) is 0. The van der Waals surface area contributed by atoms with Crippen LogP contribution in [0.3, 0.4) is 0 Å². The van der Waals surface area contributed by atoms with Crippen LogP contribution in [0.5, 0.6) is 0 Å². The van der Waals surface area contributed by atoms with Gasteiger partial charge in [0.15, 0.2) is 0 Å². The van der Waals surface area contributed by atoms with Crippen molar-refractivity contribution in [2.24, 2.45) is 0 Å². The molecule has 1 unspecified atom stereocenters. The summed E-state index contributed by atoms with van der Waals surface area (Å²) in [5, 5.41) is 2.85. The van der Waals surface area contributed by atoms with Gasteiger partial charge >= 0.3 is 0 Å². The molecule has 1 aromatic carbocycles. The predicted molar refractivity (Wildman–Crippen MR) is 69.9 cm³/mol.